The topological polar surface area (TPSA) is 117 Å². The number of hydrogen-bond donors (Lipinski definition) is 1. The lowest BCUT2D eigenvalue weighted by Gasteiger charge is -2.31. The van der Waals surface area contributed by atoms with Gasteiger partial charge < -0.3 is 10.2 Å². The highest BCUT2D eigenvalue weighted by atomic mass is 32.2. The predicted molar refractivity (Wildman–Crippen MR) is 143 cm³/mol. The van der Waals surface area contributed by atoms with Crippen LogP contribution in [0, 0.1) is 26.7 Å². The van der Waals surface area contributed by atoms with E-state index >= 15 is 0 Å². The van der Waals surface area contributed by atoms with Crippen LogP contribution in [0.25, 0.3) is 0 Å². The molecule has 1 unspecified atom stereocenters. The Hall–Kier alpha value is -3.57. The number of amides is 2. The van der Waals surface area contributed by atoms with E-state index in [1.54, 1.807) is 31.0 Å². The zero-order valence-electron chi connectivity index (χ0n) is 21.8. The van der Waals surface area contributed by atoms with Crippen molar-refractivity contribution in [1.29, 1.82) is 0 Å². The molecule has 2 aliphatic heterocycles. The lowest BCUT2D eigenvalue weighted by Crippen LogP contribution is -2.44. The van der Waals surface area contributed by atoms with Crippen molar-refractivity contribution in [3.8, 4) is 0 Å². The molecule has 1 fully saturated rings. The zero-order chi connectivity index (χ0) is 27.0. The summed E-state index contributed by atoms with van der Waals surface area (Å²) in [6.07, 6.45) is 3.56. The Morgan fingerprint density at radius 2 is 1.87 bits per heavy atom. The highest BCUT2D eigenvalue weighted by Crippen LogP contribution is 2.30. The molecule has 2 aromatic heterocycles. The number of hydrogen-bond acceptors (Lipinski definition) is 6. The predicted octanol–water partition coefficient (Wildman–Crippen LogP) is 2.83. The molecule has 0 aliphatic carbocycles. The number of anilines is 2. The number of rotatable bonds is 6. The number of benzene rings is 1. The Morgan fingerprint density at radius 3 is 2.66 bits per heavy atom. The number of nitrogens with one attached hydrogen (secondary N) is 1. The van der Waals surface area contributed by atoms with Gasteiger partial charge in [0.15, 0.2) is 0 Å². The summed E-state index contributed by atoms with van der Waals surface area (Å²) in [5, 5.41) is 7.28. The van der Waals surface area contributed by atoms with Gasteiger partial charge in [-0.25, -0.2) is 13.4 Å². The SMILES string of the molecule is Cc1cccnc1NC(=O)C1CCCN(S(=O)(=O)c2c(C)nn(CC(=O)N3CCc4ccccc43)c2C)C1. The van der Waals surface area contributed by atoms with Crippen LogP contribution in [-0.4, -0.2) is 58.9 Å². The monoisotopic (exact) mass is 536 g/mol. The van der Waals surface area contributed by atoms with Crippen molar-refractivity contribution in [1.82, 2.24) is 19.1 Å². The second kappa shape index (κ2) is 10.3. The van der Waals surface area contributed by atoms with Crippen molar-refractivity contribution >= 4 is 33.3 Å². The molecule has 5 rings (SSSR count). The van der Waals surface area contributed by atoms with Crippen LogP contribution >= 0.6 is 0 Å². The van der Waals surface area contributed by atoms with Gasteiger partial charge in [-0.1, -0.05) is 24.3 Å². The summed E-state index contributed by atoms with van der Waals surface area (Å²) in [5.41, 5.74) is 3.61. The summed E-state index contributed by atoms with van der Waals surface area (Å²) in [6, 6.07) is 11.5. The fourth-order valence-corrected chi connectivity index (χ4v) is 7.25. The number of pyridine rings is 1. The number of carbonyl (C=O) groups excluding carboxylic acids is 2. The summed E-state index contributed by atoms with van der Waals surface area (Å²) in [6.45, 7) is 6.12. The highest BCUT2D eigenvalue weighted by Gasteiger charge is 2.37. The normalized spacial score (nSPS) is 17.9. The largest absolute Gasteiger partial charge is 0.310 e. The maximum Gasteiger partial charge on any atom is 0.248 e. The van der Waals surface area contributed by atoms with Crippen molar-refractivity contribution in [2.24, 2.45) is 5.92 Å². The first-order chi connectivity index (χ1) is 18.2. The summed E-state index contributed by atoms with van der Waals surface area (Å²) < 4.78 is 30.4. The fraction of sp³-hybridized carbons (Fsp3) is 0.407. The molecule has 4 heterocycles. The standard InChI is InChI=1S/C27H32N6O4S/c1-18-8-6-13-28-26(18)29-27(35)22-10-7-14-31(16-22)38(36,37)25-19(2)30-33(20(25)3)17-24(34)32-15-12-21-9-4-5-11-23(21)32/h4-6,8-9,11,13,22H,7,10,12,14-17H2,1-3H3,(H,28,29,35). The number of carbonyl (C=O) groups is 2. The molecular formula is C27H32N6O4S. The van der Waals surface area contributed by atoms with Gasteiger partial charge in [-0.2, -0.15) is 9.40 Å². The number of sulfonamides is 1. The molecule has 1 N–H and O–H groups in total. The minimum atomic E-state index is -3.92. The van der Waals surface area contributed by atoms with E-state index in [0.717, 1.165) is 23.2 Å². The Bertz CT molecular complexity index is 1500. The zero-order valence-corrected chi connectivity index (χ0v) is 22.7. The molecule has 10 nitrogen and oxygen atoms in total. The van der Waals surface area contributed by atoms with Gasteiger partial charge in [0.05, 0.1) is 17.3 Å². The maximum atomic E-state index is 13.8. The van der Waals surface area contributed by atoms with Gasteiger partial charge in [-0.15, -0.1) is 0 Å². The number of piperidine rings is 1. The van der Waals surface area contributed by atoms with E-state index in [2.05, 4.69) is 15.4 Å². The minimum Gasteiger partial charge on any atom is -0.310 e. The van der Waals surface area contributed by atoms with E-state index < -0.39 is 15.9 Å². The third-order valence-corrected chi connectivity index (χ3v) is 9.51. The van der Waals surface area contributed by atoms with E-state index in [4.69, 9.17) is 0 Å². The van der Waals surface area contributed by atoms with E-state index in [0.29, 0.717) is 43.1 Å². The summed E-state index contributed by atoms with van der Waals surface area (Å²) in [7, 11) is -3.92. The van der Waals surface area contributed by atoms with Crippen LogP contribution in [0.5, 0.6) is 0 Å². The van der Waals surface area contributed by atoms with Gasteiger partial charge in [0, 0.05) is 31.5 Å². The van der Waals surface area contributed by atoms with E-state index in [9.17, 15) is 18.0 Å². The van der Waals surface area contributed by atoms with Crippen LogP contribution < -0.4 is 10.2 Å². The Labute approximate surface area is 222 Å². The van der Waals surface area contributed by atoms with Gasteiger partial charge in [0.2, 0.25) is 21.8 Å². The molecule has 0 radical (unpaired) electrons. The van der Waals surface area contributed by atoms with Crippen molar-refractivity contribution < 1.29 is 18.0 Å². The van der Waals surface area contributed by atoms with E-state index in [-0.39, 0.29) is 29.8 Å². The first-order valence-electron chi connectivity index (χ1n) is 12.8. The molecule has 38 heavy (non-hydrogen) atoms. The summed E-state index contributed by atoms with van der Waals surface area (Å²) >= 11 is 0. The Morgan fingerprint density at radius 1 is 1.08 bits per heavy atom. The molecule has 3 aromatic rings. The lowest BCUT2D eigenvalue weighted by molar-refractivity contribution is -0.121. The molecule has 1 aromatic carbocycles. The molecular weight excluding hydrogens is 504 g/mol. The van der Waals surface area contributed by atoms with Crippen molar-refractivity contribution in [2.45, 2.75) is 51.5 Å². The number of para-hydroxylation sites is 1. The minimum absolute atomic E-state index is 0.0506. The molecule has 0 bridgehead atoms. The number of aryl methyl sites for hydroxylation is 2. The smallest absolute Gasteiger partial charge is 0.248 e. The molecule has 1 atom stereocenters. The van der Waals surface area contributed by atoms with E-state index in [1.165, 1.54) is 8.99 Å². The molecule has 11 heteroatoms. The summed E-state index contributed by atoms with van der Waals surface area (Å²) in [5.74, 6) is -0.389. The van der Waals surface area contributed by atoms with E-state index in [1.807, 2.05) is 37.3 Å². The Kier molecular flexibility index (Phi) is 7.06. The molecule has 200 valence electrons. The average molecular weight is 537 g/mol. The number of nitrogens with zero attached hydrogens (tertiary/aromatic N) is 5. The second-order valence-electron chi connectivity index (χ2n) is 9.94. The van der Waals surface area contributed by atoms with Crippen LogP contribution in [0.3, 0.4) is 0 Å². The molecule has 2 aliphatic rings. The maximum absolute atomic E-state index is 13.8. The quantitative estimate of drug-likeness (QED) is 0.518. The van der Waals surface area contributed by atoms with Crippen LogP contribution in [0.1, 0.15) is 35.4 Å². The second-order valence-corrected chi connectivity index (χ2v) is 11.8. The fourth-order valence-electron chi connectivity index (χ4n) is 5.36. The lowest BCUT2D eigenvalue weighted by atomic mass is 9.99. The summed E-state index contributed by atoms with van der Waals surface area (Å²) in [4.78, 5) is 32.2. The van der Waals surface area contributed by atoms with Crippen LogP contribution in [0.2, 0.25) is 0 Å². The average Bonchev–Trinajstić information content (AvgIpc) is 3.46. The van der Waals surface area contributed by atoms with Crippen molar-refractivity contribution in [3.05, 3.63) is 65.1 Å². The first-order valence-corrected chi connectivity index (χ1v) is 14.3. The Balaban J connectivity index is 1.32. The number of aromatic nitrogens is 3. The van der Waals surface area contributed by atoms with Gasteiger partial charge in [-0.05, 0) is 63.3 Å². The van der Waals surface area contributed by atoms with Crippen LogP contribution in [0.15, 0.2) is 47.5 Å². The van der Waals surface area contributed by atoms with Crippen LogP contribution in [0.4, 0.5) is 11.5 Å². The molecule has 2 amide bonds. The van der Waals surface area contributed by atoms with Crippen molar-refractivity contribution in [3.63, 3.8) is 0 Å². The van der Waals surface area contributed by atoms with Crippen molar-refractivity contribution in [2.75, 3.05) is 29.9 Å². The third-order valence-electron chi connectivity index (χ3n) is 7.39. The molecule has 0 spiro atoms. The first kappa shape index (κ1) is 26.1. The van der Waals surface area contributed by atoms with Gasteiger partial charge in [-0.3, -0.25) is 14.3 Å². The van der Waals surface area contributed by atoms with Crippen LogP contribution in [-0.2, 0) is 32.6 Å². The molecule has 1 saturated heterocycles. The van der Waals surface area contributed by atoms with Gasteiger partial charge in [0.25, 0.3) is 0 Å². The molecule has 0 saturated carbocycles. The van der Waals surface area contributed by atoms with Gasteiger partial charge >= 0.3 is 0 Å². The highest BCUT2D eigenvalue weighted by molar-refractivity contribution is 7.89. The van der Waals surface area contributed by atoms with Gasteiger partial charge in [0.1, 0.15) is 17.3 Å². The number of fused-ring (bicyclic) bond motifs is 1. The third kappa shape index (κ3) is 4.83.